The summed E-state index contributed by atoms with van der Waals surface area (Å²) in [5.74, 6) is 2.28. The molecule has 0 atom stereocenters. The van der Waals surface area contributed by atoms with Crippen LogP contribution in [0.4, 0.5) is 0 Å². The van der Waals surface area contributed by atoms with Crippen LogP contribution in [0.2, 0.25) is 0 Å². The molecule has 0 aliphatic rings. The Hall–Kier alpha value is -4.12. The molecule has 0 aliphatic carbocycles. The second-order valence-corrected chi connectivity index (χ2v) is 7.15. The van der Waals surface area contributed by atoms with Crippen molar-refractivity contribution in [3.8, 4) is 45.3 Å². The maximum absolute atomic E-state index is 5.33. The third kappa shape index (κ3) is 3.62. The molecule has 0 spiro atoms. The fraction of sp³-hybridized carbons (Fsp3) is 0.0769. The van der Waals surface area contributed by atoms with Crippen molar-refractivity contribution in [2.24, 2.45) is 0 Å². The van der Waals surface area contributed by atoms with Gasteiger partial charge in [-0.3, -0.25) is 4.40 Å². The molecule has 0 radical (unpaired) electrons. The highest BCUT2D eigenvalue weighted by Crippen LogP contribution is 2.30. The van der Waals surface area contributed by atoms with Crippen LogP contribution in [0.5, 0.6) is 11.5 Å². The van der Waals surface area contributed by atoms with E-state index in [1.165, 1.54) is 0 Å². The van der Waals surface area contributed by atoms with Crippen LogP contribution in [-0.4, -0.2) is 28.6 Å². The van der Waals surface area contributed by atoms with Crippen molar-refractivity contribution in [2.45, 2.75) is 0 Å². The summed E-state index contributed by atoms with van der Waals surface area (Å²) in [4.78, 5) is 9.68. The molecule has 31 heavy (non-hydrogen) atoms. The molecule has 0 aliphatic heterocycles. The van der Waals surface area contributed by atoms with Gasteiger partial charge in [0.25, 0.3) is 0 Å². The second kappa shape index (κ2) is 7.95. The Labute approximate surface area is 180 Å². The number of rotatable bonds is 5. The molecule has 0 amide bonds. The first-order valence-corrected chi connectivity index (χ1v) is 9.99. The van der Waals surface area contributed by atoms with E-state index in [1.807, 2.05) is 77.3 Å². The first-order chi connectivity index (χ1) is 15.2. The zero-order chi connectivity index (χ0) is 21.2. The van der Waals surface area contributed by atoms with Gasteiger partial charge in [0, 0.05) is 17.3 Å². The van der Waals surface area contributed by atoms with Gasteiger partial charge in [0.05, 0.1) is 31.3 Å². The number of nitrogens with zero attached hydrogens (tertiary/aromatic N) is 3. The van der Waals surface area contributed by atoms with Gasteiger partial charge in [-0.25, -0.2) is 9.97 Å². The molecule has 0 unspecified atom stereocenters. The second-order valence-electron chi connectivity index (χ2n) is 7.15. The van der Waals surface area contributed by atoms with Crippen molar-refractivity contribution in [1.82, 2.24) is 14.4 Å². The molecule has 0 fully saturated rings. The van der Waals surface area contributed by atoms with Crippen molar-refractivity contribution in [3.05, 3.63) is 91.1 Å². The van der Waals surface area contributed by atoms with Crippen LogP contribution >= 0.6 is 0 Å². The molecule has 0 saturated carbocycles. The van der Waals surface area contributed by atoms with Gasteiger partial charge in [-0.15, -0.1) is 0 Å². The predicted octanol–water partition coefficient (Wildman–Crippen LogP) is 5.75. The van der Waals surface area contributed by atoms with Crippen LogP contribution < -0.4 is 9.47 Å². The van der Waals surface area contributed by atoms with E-state index in [-0.39, 0.29) is 0 Å². The summed E-state index contributed by atoms with van der Waals surface area (Å²) in [5, 5.41) is 0. The highest BCUT2D eigenvalue weighted by atomic mass is 16.5. The van der Waals surface area contributed by atoms with E-state index in [2.05, 4.69) is 18.2 Å². The molecule has 5 nitrogen and oxygen atoms in total. The fourth-order valence-electron chi connectivity index (χ4n) is 3.61. The van der Waals surface area contributed by atoms with Crippen LogP contribution in [-0.2, 0) is 0 Å². The lowest BCUT2D eigenvalue weighted by molar-refractivity contribution is 0.415. The van der Waals surface area contributed by atoms with Crippen LogP contribution in [0.1, 0.15) is 0 Å². The number of hydrogen-bond acceptors (Lipinski definition) is 4. The molecule has 5 heteroatoms. The monoisotopic (exact) mass is 407 g/mol. The maximum Gasteiger partial charge on any atom is 0.235 e. The molecule has 5 aromatic rings. The van der Waals surface area contributed by atoms with E-state index < -0.39 is 0 Å². The van der Waals surface area contributed by atoms with E-state index in [0.29, 0.717) is 5.78 Å². The summed E-state index contributed by atoms with van der Waals surface area (Å²) in [6, 6.07) is 28.2. The largest absolute Gasteiger partial charge is 0.497 e. The van der Waals surface area contributed by atoms with Gasteiger partial charge >= 0.3 is 0 Å². The van der Waals surface area contributed by atoms with Gasteiger partial charge in [-0.1, -0.05) is 30.3 Å². The normalized spacial score (nSPS) is 10.9. The van der Waals surface area contributed by atoms with Crippen molar-refractivity contribution < 1.29 is 9.47 Å². The van der Waals surface area contributed by atoms with Gasteiger partial charge in [0.2, 0.25) is 5.78 Å². The first-order valence-electron chi connectivity index (χ1n) is 9.99. The minimum atomic E-state index is 0.651. The van der Waals surface area contributed by atoms with Crippen molar-refractivity contribution in [1.29, 1.82) is 0 Å². The topological polar surface area (TPSA) is 48.7 Å². The Morgan fingerprint density at radius 2 is 1.16 bits per heavy atom. The molecule has 5 rings (SSSR count). The number of benzene rings is 3. The van der Waals surface area contributed by atoms with E-state index in [0.717, 1.165) is 45.3 Å². The standard InChI is InChI=1S/C26H21N3O2/c1-30-21-12-8-19(9-13-21)23-16-25(20-10-14-22(31-2)15-11-20)29-17-24(28-26(29)27-23)18-6-4-3-5-7-18/h3-17H,1-2H3. The van der Waals surface area contributed by atoms with Crippen molar-refractivity contribution >= 4 is 5.78 Å². The maximum atomic E-state index is 5.33. The smallest absolute Gasteiger partial charge is 0.235 e. The van der Waals surface area contributed by atoms with Crippen LogP contribution in [0.3, 0.4) is 0 Å². The zero-order valence-corrected chi connectivity index (χ0v) is 17.3. The van der Waals surface area contributed by atoms with E-state index in [1.54, 1.807) is 14.2 Å². The lowest BCUT2D eigenvalue weighted by Gasteiger charge is -2.10. The molecule has 0 saturated heterocycles. The summed E-state index contributed by atoms with van der Waals surface area (Å²) in [6.07, 6.45) is 2.04. The average molecular weight is 407 g/mol. The Balaban J connectivity index is 1.71. The summed E-state index contributed by atoms with van der Waals surface area (Å²) >= 11 is 0. The summed E-state index contributed by atoms with van der Waals surface area (Å²) in [5.41, 5.74) is 5.86. The number of hydrogen-bond donors (Lipinski definition) is 0. The minimum absolute atomic E-state index is 0.651. The Bertz CT molecular complexity index is 1330. The first kappa shape index (κ1) is 18.9. The van der Waals surface area contributed by atoms with Crippen LogP contribution in [0, 0.1) is 0 Å². The lowest BCUT2D eigenvalue weighted by atomic mass is 10.1. The number of ether oxygens (including phenoxy) is 2. The molecule has 2 aromatic heterocycles. The third-order valence-electron chi connectivity index (χ3n) is 5.28. The molecule has 2 heterocycles. The van der Waals surface area contributed by atoms with Gasteiger partial charge in [0.15, 0.2) is 0 Å². The van der Waals surface area contributed by atoms with Gasteiger partial charge in [-0.05, 0) is 60.2 Å². The third-order valence-corrected chi connectivity index (χ3v) is 5.28. The van der Waals surface area contributed by atoms with Gasteiger partial charge in [0.1, 0.15) is 11.5 Å². The SMILES string of the molecule is COc1ccc(-c2cc(-c3ccc(OC)cc3)n3cc(-c4ccccc4)nc3n2)cc1. The predicted molar refractivity (Wildman–Crippen MR) is 122 cm³/mol. The highest BCUT2D eigenvalue weighted by Gasteiger charge is 2.13. The summed E-state index contributed by atoms with van der Waals surface area (Å²) in [7, 11) is 3.33. The zero-order valence-electron chi connectivity index (χ0n) is 17.3. The van der Waals surface area contributed by atoms with Crippen LogP contribution in [0.15, 0.2) is 91.1 Å². The lowest BCUT2D eigenvalue weighted by Crippen LogP contribution is -1.97. The summed E-state index contributed by atoms with van der Waals surface area (Å²) < 4.78 is 12.7. The van der Waals surface area contributed by atoms with Crippen LogP contribution in [0.25, 0.3) is 39.5 Å². The fourth-order valence-corrected chi connectivity index (χ4v) is 3.61. The van der Waals surface area contributed by atoms with Gasteiger partial charge < -0.3 is 9.47 Å². The number of aromatic nitrogens is 3. The molecule has 0 N–H and O–H groups in total. The number of methoxy groups -OCH3 is 2. The van der Waals surface area contributed by atoms with Crippen molar-refractivity contribution in [3.63, 3.8) is 0 Å². The molecular formula is C26H21N3O2. The molecule has 0 bridgehead atoms. The average Bonchev–Trinajstić information content (AvgIpc) is 3.28. The summed E-state index contributed by atoms with van der Waals surface area (Å²) in [6.45, 7) is 0. The number of imidazole rings is 1. The Morgan fingerprint density at radius 1 is 0.613 bits per heavy atom. The number of fused-ring (bicyclic) bond motifs is 1. The Kier molecular flexibility index (Phi) is 4.84. The van der Waals surface area contributed by atoms with E-state index in [4.69, 9.17) is 19.4 Å². The van der Waals surface area contributed by atoms with Crippen molar-refractivity contribution in [2.75, 3.05) is 14.2 Å². The van der Waals surface area contributed by atoms with E-state index >= 15 is 0 Å². The Morgan fingerprint density at radius 3 is 1.77 bits per heavy atom. The molecule has 3 aromatic carbocycles. The molecular weight excluding hydrogens is 386 g/mol. The molecule has 152 valence electrons. The van der Waals surface area contributed by atoms with Gasteiger partial charge in [-0.2, -0.15) is 0 Å². The van der Waals surface area contributed by atoms with E-state index in [9.17, 15) is 0 Å². The highest BCUT2D eigenvalue weighted by molar-refractivity contribution is 5.73. The quantitative estimate of drug-likeness (QED) is 0.372. The minimum Gasteiger partial charge on any atom is -0.497 e.